The Morgan fingerprint density at radius 2 is 1.45 bits per heavy atom. The molecule has 3 rings (SSSR count). The van der Waals surface area contributed by atoms with Crippen molar-refractivity contribution in [3.05, 3.63) is 103 Å². The third kappa shape index (κ3) is 6.09. The smallest absolute Gasteiger partial charge is 0.330 e. The summed E-state index contributed by atoms with van der Waals surface area (Å²) in [4.78, 5) is 11.0. The maximum absolute atomic E-state index is 11.0. The Bertz CT molecular complexity index is 1090. The number of nitrogens with zero attached hydrogens (tertiary/aromatic N) is 1. The highest BCUT2D eigenvalue weighted by atomic mass is 16.6. The Balaban J connectivity index is 1.54. The fourth-order valence-electron chi connectivity index (χ4n) is 2.75. The minimum atomic E-state index is -0.475. The molecule has 0 radical (unpaired) electrons. The van der Waals surface area contributed by atoms with Gasteiger partial charge in [0.25, 0.3) is 0 Å². The van der Waals surface area contributed by atoms with Crippen molar-refractivity contribution in [3.63, 3.8) is 0 Å². The number of rotatable bonds is 9. The maximum Gasteiger partial charge on any atom is 0.330 e. The predicted octanol–water partition coefficient (Wildman–Crippen LogP) is 5.38. The second-order valence-electron chi connectivity index (χ2n) is 6.48. The van der Waals surface area contributed by atoms with E-state index < -0.39 is 5.97 Å². The first kappa shape index (κ1) is 21.4. The van der Waals surface area contributed by atoms with E-state index in [1.54, 1.807) is 24.3 Å². The standard InChI is InChI=1S/C26H21NO4/c1-3-26(28)30-17-16-29-24-12-8-21(9-13-24)19(2)31-25-14-10-23(11-15-25)22-6-4-20(18-27)5-7-22/h3-15H,1-2,16-17H2. The average molecular weight is 411 g/mol. The molecule has 0 amide bonds. The van der Waals surface area contributed by atoms with Crippen LogP contribution in [0, 0.1) is 11.3 Å². The van der Waals surface area contributed by atoms with Crippen LogP contribution in [0.2, 0.25) is 0 Å². The molecule has 154 valence electrons. The van der Waals surface area contributed by atoms with E-state index in [9.17, 15) is 4.79 Å². The summed E-state index contributed by atoms with van der Waals surface area (Å²) in [6.45, 7) is 7.73. The molecule has 0 aliphatic heterocycles. The number of hydrogen-bond acceptors (Lipinski definition) is 5. The number of hydrogen-bond donors (Lipinski definition) is 0. The van der Waals surface area contributed by atoms with Crippen molar-refractivity contribution >= 4 is 11.7 Å². The average Bonchev–Trinajstić information content (AvgIpc) is 2.82. The van der Waals surface area contributed by atoms with Crippen molar-refractivity contribution in [2.75, 3.05) is 13.2 Å². The Morgan fingerprint density at radius 3 is 2.03 bits per heavy atom. The largest absolute Gasteiger partial charge is 0.490 e. The van der Waals surface area contributed by atoms with Gasteiger partial charge in [0.05, 0.1) is 11.6 Å². The van der Waals surface area contributed by atoms with Gasteiger partial charge in [0.1, 0.15) is 30.5 Å². The van der Waals surface area contributed by atoms with E-state index in [2.05, 4.69) is 19.2 Å². The fraction of sp³-hybridized carbons (Fsp3) is 0.0769. The van der Waals surface area contributed by atoms with Gasteiger partial charge in [0.2, 0.25) is 0 Å². The zero-order valence-corrected chi connectivity index (χ0v) is 16.9. The molecular weight excluding hydrogens is 390 g/mol. The summed E-state index contributed by atoms with van der Waals surface area (Å²) in [6.07, 6.45) is 1.11. The van der Waals surface area contributed by atoms with E-state index in [1.807, 2.05) is 48.5 Å². The highest BCUT2D eigenvalue weighted by Gasteiger charge is 2.05. The SMILES string of the molecule is C=CC(=O)OCCOc1ccc(C(=C)Oc2ccc(-c3ccc(C#N)cc3)cc2)cc1. The molecule has 3 aromatic rings. The van der Waals surface area contributed by atoms with Crippen LogP contribution in [0.5, 0.6) is 11.5 Å². The van der Waals surface area contributed by atoms with E-state index in [0.717, 1.165) is 22.8 Å². The van der Waals surface area contributed by atoms with Crippen LogP contribution < -0.4 is 9.47 Å². The molecular formula is C26H21NO4. The lowest BCUT2D eigenvalue weighted by molar-refractivity contribution is -0.138. The summed E-state index contributed by atoms with van der Waals surface area (Å²) >= 11 is 0. The van der Waals surface area contributed by atoms with E-state index in [4.69, 9.17) is 19.5 Å². The van der Waals surface area contributed by atoms with Crippen LogP contribution in [0.1, 0.15) is 11.1 Å². The summed E-state index contributed by atoms with van der Waals surface area (Å²) < 4.78 is 16.2. The van der Waals surface area contributed by atoms with Gasteiger partial charge in [0, 0.05) is 11.6 Å². The number of carbonyl (C=O) groups excluding carboxylic acids is 1. The maximum atomic E-state index is 11.0. The predicted molar refractivity (Wildman–Crippen MR) is 119 cm³/mol. The normalized spacial score (nSPS) is 9.90. The van der Waals surface area contributed by atoms with Gasteiger partial charge in [-0.2, -0.15) is 5.26 Å². The molecule has 0 bridgehead atoms. The van der Waals surface area contributed by atoms with E-state index in [-0.39, 0.29) is 13.2 Å². The van der Waals surface area contributed by atoms with Crippen LogP contribution in [-0.4, -0.2) is 19.2 Å². The Hall–Kier alpha value is -4.30. The van der Waals surface area contributed by atoms with Crippen LogP contribution in [0.15, 0.2) is 92.0 Å². The van der Waals surface area contributed by atoms with Crippen molar-refractivity contribution in [2.24, 2.45) is 0 Å². The number of nitriles is 1. The molecule has 0 saturated heterocycles. The van der Waals surface area contributed by atoms with Gasteiger partial charge in [0.15, 0.2) is 0 Å². The van der Waals surface area contributed by atoms with Crippen molar-refractivity contribution in [1.29, 1.82) is 5.26 Å². The third-order valence-corrected chi connectivity index (χ3v) is 4.38. The van der Waals surface area contributed by atoms with Gasteiger partial charge in [-0.25, -0.2) is 4.79 Å². The van der Waals surface area contributed by atoms with E-state index >= 15 is 0 Å². The number of benzene rings is 3. The lowest BCUT2D eigenvalue weighted by atomic mass is 10.0. The molecule has 0 aromatic heterocycles. The quantitative estimate of drug-likeness (QED) is 0.205. The molecule has 3 aromatic carbocycles. The lowest BCUT2D eigenvalue weighted by Crippen LogP contribution is -2.10. The first-order valence-corrected chi connectivity index (χ1v) is 9.59. The minimum absolute atomic E-state index is 0.154. The molecule has 0 heterocycles. The first-order valence-electron chi connectivity index (χ1n) is 9.59. The topological polar surface area (TPSA) is 68.6 Å². The van der Waals surface area contributed by atoms with Gasteiger partial charge >= 0.3 is 5.97 Å². The second kappa shape index (κ2) is 10.5. The van der Waals surface area contributed by atoms with Crippen molar-refractivity contribution in [2.45, 2.75) is 0 Å². The van der Waals surface area contributed by atoms with Crippen LogP contribution in [-0.2, 0) is 9.53 Å². The highest BCUT2D eigenvalue weighted by molar-refractivity contribution is 5.81. The monoisotopic (exact) mass is 411 g/mol. The number of ether oxygens (including phenoxy) is 3. The molecule has 0 aliphatic rings. The van der Waals surface area contributed by atoms with Gasteiger partial charge in [-0.05, 0) is 59.7 Å². The molecule has 0 unspecified atom stereocenters. The zero-order valence-electron chi connectivity index (χ0n) is 16.9. The van der Waals surface area contributed by atoms with E-state index in [1.165, 1.54) is 0 Å². The molecule has 31 heavy (non-hydrogen) atoms. The van der Waals surface area contributed by atoms with Gasteiger partial charge in [-0.15, -0.1) is 0 Å². The minimum Gasteiger partial charge on any atom is -0.490 e. The van der Waals surface area contributed by atoms with Gasteiger partial charge in [-0.1, -0.05) is 37.4 Å². The molecule has 0 saturated carbocycles. The molecule has 0 aliphatic carbocycles. The highest BCUT2D eigenvalue weighted by Crippen LogP contribution is 2.26. The van der Waals surface area contributed by atoms with Crippen LogP contribution in [0.4, 0.5) is 0 Å². The Labute approximate surface area is 181 Å². The fourth-order valence-corrected chi connectivity index (χ4v) is 2.75. The van der Waals surface area contributed by atoms with Crippen LogP contribution in [0.25, 0.3) is 16.9 Å². The van der Waals surface area contributed by atoms with Crippen molar-refractivity contribution < 1.29 is 19.0 Å². The number of esters is 1. The summed E-state index contributed by atoms with van der Waals surface area (Å²) in [6, 6.07) is 24.5. The Kier molecular flexibility index (Phi) is 7.23. The molecule has 0 spiro atoms. The molecule has 0 fully saturated rings. The summed E-state index contributed by atoms with van der Waals surface area (Å²) in [7, 11) is 0. The van der Waals surface area contributed by atoms with Crippen LogP contribution >= 0.6 is 0 Å². The summed E-state index contributed by atoms with van der Waals surface area (Å²) in [5, 5.41) is 8.90. The van der Waals surface area contributed by atoms with Crippen molar-refractivity contribution in [1.82, 2.24) is 0 Å². The van der Waals surface area contributed by atoms with E-state index in [0.29, 0.717) is 22.8 Å². The first-order chi connectivity index (χ1) is 15.1. The second-order valence-corrected chi connectivity index (χ2v) is 6.48. The van der Waals surface area contributed by atoms with Gasteiger partial charge in [-0.3, -0.25) is 0 Å². The van der Waals surface area contributed by atoms with Gasteiger partial charge < -0.3 is 14.2 Å². The zero-order chi connectivity index (χ0) is 22.1. The lowest BCUT2D eigenvalue weighted by Gasteiger charge is -2.11. The third-order valence-electron chi connectivity index (χ3n) is 4.38. The Morgan fingerprint density at radius 1 is 0.871 bits per heavy atom. The molecule has 5 nitrogen and oxygen atoms in total. The number of carbonyl (C=O) groups is 1. The molecule has 0 N–H and O–H groups in total. The summed E-state index contributed by atoms with van der Waals surface area (Å²) in [5.41, 5.74) is 3.51. The van der Waals surface area contributed by atoms with Crippen LogP contribution in [0.3, 0.4) is 0 Å². The molecule has 5 heteroatoms. The summed E-state index contributed by atoms with van der Waals surface area (Å²) in [5.74, 6) is 1.36. The van der Waals surface area contributed by atoms with Crippen molar-refractivity contribution in [3.8, 4) is 28.7 Å². The molecule has 0 atom stereocenters.